The third kappa shape index (κ3) is 5.25. The summed E-state index contributed by atoms with van der Waals surface area (Å²) >= 11 is 5.56. The fourth-order valence-corrected chi connectivity index (χ4v) is 4.78. The zero-order valence-corrected chi connectivity index (χ0v) is 19.8. The van der Waals surface area contributed by atoms with Crippen molar-refractivity contribution in [1.82, 2.24) is 15.3 Å². The molecule has 3 heterocycles. The van der Waals surface area contributed by atoms with E-state index in [9.17, 15) is 0 Å². The molecule has 1 fully saturated rings. The first-order chi connectivity index (χ1) is 16.1. The van der Waals surface area contributed by atoms with E-state index in [4.69, 9.17) is 22.2 Å². The van der Waals surface area contributed by atoms with Crippen molar-refractivity contribution in [2.75, 3.05) is 28.2 Å². The molecule has 1 atom stereocenters. The number of hydrogen-bond donors (Lipinski definition) is 2. The molecule has 0 bridgehead atoms. The molecule has 2 aliphatic rings. The Bertz CT molecular complexity index is 1090. The van der Waals surface area contributed by atoms with Crippen molar-refractivity contribution in [3.05, 3.63) is 77.4 Å². The average molecular weight is 459 g/mol. The Morgan fingerprint density at radius 3 is 2.33 bits per heavy atom. The molecule has 1 aromatic heterocycles. The fraction of sp³-hybridized carbons (Fsp3) is 0.346. The van der Waals surface area contributed by atoms with Crippen LogP contribution in [0.25, 0.3) is 0 Å². The van der Waals surface area contributed by atoms with Gasteiger partial charge in [0.15, 0.2) is 5.11 Å². The second-order valence-corrected chi connectivity index (χ2v) is 9.43. The fourth-order valence-electron chi connectivity index (χ4n) is 4.62. The Balaban J connectivity index is 1.36. The van der Waals surface area contributed by atoms with E-state index in [1.807, 2.05) is 18.2 Å². The second-order valence-electron chi connectivity index (χ2n) is 9.02. The Morgan fingerprint density at radius 1 is 0.970 bits per heavy atom. The summed E-state index contributed by atoms with van der Waals surface area (Å²) in [6.45, 7) is 6.74. The Hall–Kier alpha value is -3.19. The number of nitrogens with one attached hydrogen (secondary N) is 2. The first kappa shape index (κ1) is 21.6. The van der Waals surface area contributed by atoms with Crippen molar-refractivity contribution in [2.24, 2.45) is 5.92 Å². The molecule has 0 saturated carbocycles. The number of rotatable bonds is 5. The second kappa shape index (κ2) is 9.75. The van der Waals surface area contributed by atoms with Gasteiger partial charge in [-0.05, 0) is 47.7 Å². The lowest BCUT2D eigenvalue weighted by molar-refractivity contribution is 0.444. The van der Waals surface area contributed by atoms with Gasteiger partial charge in [0.25, 0.3) is 0 Å². The van der Waals surface area contributed by atoms with E-state index in [-0.39, 0.29) is 0 Å². The molecule has 2 N–H and O–H groups in total. The van der Waals surface area contributed by atoms with Gasteiger partial charge in [-0.2, -0.15) is 9.97 Å². The van der Waals surface area contributed by atoms with E-state index in [2.05, 4.69) is 69.8 Å². The molecule has 2 aromatic carbocycles. The van der Waals surface area contributed by atoms with Gasteiger partial charge in [0, 0.05) is 38.8 Å². The molecular weight excluding hydrogens is 428 g/mol. The van der Waals surface area contributed by atoms with E-state index >= 15 is 0 Å². The van der Waals surface area contributed by atoms with E-state index in [1.54, 1.807) is 0 Å². The summed E-state index contributed by atoms with van der Waals surface area (Å²) in [6, 6.07) is 21.0. The van der Waals surface area contributed by atoms with E-state index in [1.165, 1.54) is 29.5 Å². The molecule has 0 spiro atoms. The summed E-state index contributed by atoms with van der Waals surface area (Å²) in [7, 11) is 0. The minimum atomic E-state index is 0.527. The molecule has 3 aromatic rings. The van der Waals surface area contributed by atoms with Crippen LogP contribution in [0.4, 0.5) is 17.6 Å². The van der Waals surface area contributed by atoms with Crippen molar-refractivity contribution in [1.29, 1.82) is 0 Å². The third-order valence-electron chi connectivity index (χ3n) is 6.37. The zero-order chi connectivity index (χ0) is 22.6. The van der Waals surface area contributed by atoms with Crippen molar-refractivity contribution < 1.29 is 0 Å². The molecule has 33 heavy (non-hydrogen) atoms. The molecule has 1 saturated heterocycles. The number of piperidine rings is 1. The molecule has 170 valence electrons. The van der Waals surface area contributed by atoms with Gasteiger partial charge < -0.3 is 20.4 Å². The lowest BCUT2D eigenvalue weighted by Crippen LogP contribution is -2.35. The number of benzene rings is 2. The molecule has 7 heteroatoms. The van der Waals surface area contributed by atoms with Gasteiger partial charge in [-0.25, -0.2) is 0 Å². The topological polar surface area (TPSA) is 56.3 Å². The zero-order valence-electron chi connectivity index (χ0n) is 19.0. The lowest BCUT2D eigenvalue weighted by atomic mass is 10.0. The maximum atomic E-state index is 5.56. The van der Waals surface area contributed by atoms with Crippen molar-refractivity contribution in [3.63, 3.8) is 0 Å². The van der Waals surface area contributed by atoms with E-state index < -0.39 is 0 Å². The molecule has 5 rings (SSSR count). The predicted molar refractivity (Wildman–Crippen MR) is 138 cm³/mol. The summed E-state index contributed by atoms with van der Waals surface area (Å²) in [6.07, 6.45) is 2.46. The number of anilines is 3. The van der Waals surface area contributed by atoms with Crippen molar-refractivity contribution in [2.45, 2.75) is 39.4 Å². The molecule has 2 aliphatic heterocycles. The van der Waals surface area contributed by atoms with Crippen LogP contribution in [0.3, 0.4) is 0 Å². The lowest BCUT2D eigenvalue weighted by Gasteiger charge is -2.32. The minimum absolute atomic E-state index is 0.527. The Kier molecular flexibility index (Phi) is 6.39. The summed E-state index contributed by atoms with van der Waals surface area (Å²) in [5.74, 6) is 3.11. The highest BCUT2D eigenvalue weighted by molar-refractivity contribution is 7.80. The predicted octanol–water partition coefficient (Wildman–Crippen LogP) is 4.72. The van der Waals surface area contributed by atoms with Gasteiger partial charge in [-0.15, -0.1) is 0 Å². The summed E-state index contributed by atoms with van der Waals surface area (Å²) in [5, 5.41) is 7.03. The molecule has 0 radical (unpaired) electrons. The summed E-state index contributed by atoms with van der Waals surface area (Å²) < 4.78 is 0. The van der Waals surface area contributed by atoms with Crippen LogP contribution >= 0.6 is 12.2 Å². The molecular formula is C26H30N6S. The highest BCUT2D eigenvalue weighted by Gasteiger charge is 2.24. The van der Waals surface area contributed by atoms with Gasteiger partial charge in [0.1, 0.15) is 11.6 Å². The van der Waals surface area contributed by atoms with Gasteiger partial charge in [-0.1, -0.05) is 61.5 Å². The minimum Gasteiger partial charge on any atom is -0.358 e. The maximum Gasteiger partial charge on any atom is 0.232 e. The van der Waals surface area contributed by atoms with E-state index in [0.29, 0.717) is 23.5 Å². The van der Waals surface area contributed by atoms with Crippen molar-refractivity contribution >= 4 is 34.9 Å². The number of fused-ring (bicyclic) bond motifs is 1. The SMILES string of the molecule is CC1CCCN(c2cc(N3Cc4ccccc4C3)nc(NC(=S)NCc3ccccc3)n2)C1. The van der Waals surface area contributed by atoms with Crippen LogP contribution in [0.5, 0.6) is 0 Å². The number of hydrogen-bond acceptors (Lipinski definition) is 5. The number of aromatic nitrogens is 2. The third-order valence-corrected chi connectivity index (χ3v) is 6.61. The van der Waals surface area contributed by atoms with Crippen LogP contribution in [0.2, 0.25) is 0 Å². The van der Waals surface area contributed by atoms with Crippen LogP contribution in [-0.4, -0.2) is 28.2 Å². The monoisotopic (exact) mass is 458 g/mol. The van der Waals surface area contributed by atoms with Gasteiger partial charge in [0.05, 0.1) is 0 Å². The van der Waals surface area contributed by atoms with Crippen LogP contribution in [0.1, 0.15) is 36.5 Å². The summed E-state index contributed by atoms with van der Waals surface area (Å²) in [5.41, 5.74) is 3.90. The van der Waals surface area contributed by atoms with Crippen molar-refractivity contribution in [3.8, 4) is 0 Å². The Morgan fingerprint density at radius 2 is 1.64 bits per heavy atom. The highest BCUT2D eigenvalue weighted by atomic mass is 32.1. The van der Waals surface area contributed by atoms with Gasteiger partial charge in [0.2, 0.25) is 5.95 Å². The van der Waals surface area contributed by atoms with E-state index in [0.717, 1.165) is 37.8 Å². The smallest absolute Gasteiger partial charge is 0.232 e. The maximum absolute atomic E-state index is 5.56. The largest absolute Gasteiger partial charge is 0.358 e. The van der Waals surface area contributed by atoms with Crippen LogP contribution in [0, 0.1) is 5.92 Å². The first-order valence-electron chi connectivity index (χ1n) is 11.7. The van der Waals surface area contributed by atoms with Gasteiger partial charge >= 0.3 is 0 Å². The molecule has 1 unspecified atom stereocenters. The standard InChI is InChI=1S/C26H30N6S/c1-19-8-7-13-31(16-19)23-14-24(32-17-21-11-5-6-12-22(21)18-32)29-25(28-23)30-26(33)27-15-20-9-3-2-4-10-20/h2-6,9-12,14,19H,7-8,13,15-18H2,1H3,(H2,27,28,29,30,33). The first-order valence-corrected chi connectivity index (χ1v) is 12.1. The number of thiocarbonyl (C=S) groups is 1. The highest BCUT2D eigenvalue weighted by Crippen LogP contribution is 2.31. The number of nitrogens with zero attached hydrogens (tertiary/aromatic N) is 4. The molecule has 0 aliphatic carbocycles. The Labute approximate surface area is 201 Å². The van der Waals surface area contributed by atoms with Crippen LogP contribution in [0.15, 0.2) is 60.7 Å². The average Bonchev–Trinajstić information content (AvgIpc) is 3.28. The molecule has 6 nitrogen and oxygen atoms in total. The normalized spacial score (nSPS) is 17.5. The van der Waals surface area contributed by atoms with Crippen LogP contribution < -0.4 is 20.4 Å². The summed E-state index contributed by atoms with van der Waals surface area (Å²) in [4.78, 5) is 14.4. The van der Waals surface area contributed by atoms with Gasteiger partial charge in [-0.3, -0.25) is 0 Å². The quantitative estimate of drug-likeness (QED) is 0.537. The van der Waals surface area contributed by atoms with Crippen LogP contribution in [-0.2, 0) is 19.6 Å². The molecule has 0 amide bonds.